The van der Waals surface area contributed by atoms with Gasteiger partial charge in [-0.1, -0.05) is 17.7 Å². The van der Waals surface area contributed by atoms with Crippen LogP contribution in [0.4, 0.5) is 10.1 Å². The van der Waals surface area contributed by atoms with Crippen molar-refractivity contribution < 1.29 is 23.4 Å². The monoisotopic (exact) mass is 410 g/mol. The van der Waals surface area contributed by atoms with Crippen LogP contribution in [0.5, 0.6) is 23.1 Å². The third-order valence-electron chi connectivity index (χ3n) is 4.46. The highest BCUT2D eigenvalue weighted by Gasteiger charge is 2.20. The van der Waals surface area contributed by atoms with Crippen LogP contribution in [0.3, 0.4) is 0 Å². The standard InChI is InChI=1S/C23H23FN2O4/c1-16-6-8-19(9-7-16)30-23-21(5-4-12-25-23)26(17(2)27)14-18-13-20(28-3)10-11-22(18)29-15-24/h4-13H,14-15H2,1-3H3. The van der Waals surface area contributed by atoms with Gasteiger partial charge in [0.2, 0.25) is 18.6 Å². The Morgan fingerprint density at radius 2 is 1.83 bits per heavy atom. The summed E-state index contributed by atoms with van der Waals surface area (Å²) in [5.41, 5.74) is 2.18. The SMILES string of the molecule is COc1ccc(OCF)c(CN(C(C)=O)c2cccnc2Oc2ccc(C)cc2)c1. The molecule has 6 nitrogen and oxygen atoms in total. The largest absolute Gasteiger partial charge is 0.497 e. The summed E-state index contributed by atoms with van der Waals surface area (Å²) < 4.78 is 29.1. The van der Waals surface area contributed by atoms with Gasteiger partial charge in [0, 0.05) is 18.7 Å². The minimum absolute atomic E-state index is 0.123. The van der Waals surface area contributed by atoms with Crippen LogP contribution < -0.4 is 19.1 Å². The highest BCUT2D eigenvalue weighted by molar-refractivity contribution is 5.92. The average molecular weight is 410 g/mol. The van der Waals surface area contributed by atoms with Crippen LogP contribution in [0.1, 0.15) is 18.1 Å². The van der Waals surface area contributed by atoms with Crippen LogP contribution in [-0.2, 0) is 11.3 Å². The molecule has 7 heteroatoms. The number of nitrogens with zero attached hydrogens (tertiary/aromatic N) is 2. The molecule has 0 N–H and O–H groups in total. The molecule has 0 saturated heterocycles. The summed E-state index contributed by atoms with van der Waals surface area (Å²) in [4.78, 5) is 18.3. The van der Waals surface area contributed by atoms with Crippen molar-refractivity contribution in [1.29, 1.82) is 0 Å². The molecule has 2 aromatic carbocycles. The lowest BCUT2D eigenvalue weighted by atomic mass is 10.1. The summed E-state index contributed by atoms with van der Waals surface area (Å²) in [5.74, 6) is 1.56. The number of pyridine rings is 1. The molecule has 0 aliphatic carbocycles. The van der Waals surface area contributed by atoms with E-state index in [0.717, 1.165) is 5.56 Å². The second-order valence-corrected chi connectivity index (χ2v) is 6.58. The van der Waals surface area contributed by atoms with Gasteiger partial charge in [0.15, 0.2) is 0 Å². The zero-order valence-electron chi connectivity index (χ0n) is 17.1. The van der Waals surface area contributed by atoms with Crippen molar-refractivity contribution >= 4 is 11.6 Å². The van der Waals surface area contributed by atoms with Crippen molar-refractivity contribution in [2.45, 2.75) is 20.4 Å². The van der Waals surface area contributed by atoms with E-state index in [0.29, 0.717) is 28.5 Å². The lowest BCUT2D eigenvalue weighted by Gasteiger charge is -2.24. The van der Waals surface area contributed by atoms with E-state index in [9.17, 15) is 9.18 Å². The predicted octanol–water partition coefficient (Wildman–Crippen LogP) is 5.05. The number of carbonyl (C=O) groups excluding carboxylic acids is 1. The highest BCUT2D eigenvalue weighted by Crippen LogP contribution is 2.33. The topological polar surface area (TPSA) is 60.9 Å². The molecule has 0 atom stereocenters. The molecule has 0 aliphatic rings. The van der Waals surface area contributed by atoms with E-state index >= 15 is 0 Å². The molecule has 0 spiro atoms. The number of aromatic nitrogens is 1. The third-order valence-corrected chi connectivity index (χ3v) is 4.46. The Labute approximate surface area is 174 Å². The van der Waals surface area contributed by atoms with Gasteiger partial charge < -0.3 is 19.1 Å². The Morgan fingerprint density at radius 3 is 2.50 bits per heavy atom. The van der Waals surface area contributed by atoms with Crippen LogP contribution in [0.15, 0.2) is 60.8 Å². The Morgan fingerprint density at radius 1 is 1.10 bits per heavy atom. The zero-order valence-corrected chi connectivity index (χ0v) is 17.1. The van der Waals surface area contributed by atoms with Gasteiger partial charge >= 0.3 is 0 Å². The van der Waals surface area contributed by atoms with Crippen LogP contribution in [0.25, 0.3) is 0 Å². The van der Waals surface area contributed by atoms with E-state index in [1.54, 1.807) is 36.5 Å². The summed E-state index contributed by atoms with van der Waals surface area (Å²) >= 11 is 0. The molecule has 1 amide bonds. The Kier molecular flexibility index (Phi) is 6.85. The molecule has 30 heavy (non-hydrogen) atoms. The molecule has 0 radical (unpaired) electrons. The number of alkyl halides is 1. The van der Waals surface area contributed by atoms with Crippen molar-refractivity contribution in [1.82, 2.24) is 4.98 Å². The van der Waals surface area contributed by atoms with Gasteiger partial charge in [-0.05, 0) is 49.4 Å². The number of methoxy groups -OCH3 is 1. The van der Waals surface area contributed by atoms with Crippen molar-refractivity contribution in [2.75, 3.05) is 18.9 Å². The zero-order chi connectivity index (χ0) is 21.5. The number of aryl methyl sites for hydroxylation is 1. The first-order valence-corrected chi connectivity index (χ1v) is 9.35. The van der Waals surface area contributed by atoms with Gasteiger partial charge in [-0.15, -0.1) is 0 Å². The van der Waals surface area contributed by atoms with E-state index in [4.69, 9.17) is 14.2 Å². The smallest absolute Gasteiger partial charge is 0.243 e. The van der Waals surface area contributed by atoms with Crippen molar-refractivity contribution in [2.24, 2.45) is 0 Å². The first-order chi connectivity index (χ1) is 14.5. The normalized spacial score (nSPS) is 10.4. The number of carbonyl (C=O) groups is 1. The summed E-state index contributed by atoms with van der Waals surface area (Å²) in [6.07, 6.45) is 1.59. The van der Waals surface area contributed by atoms with Gasteiger partial charge in [0.05, 0.1) is 13.7 Å². The minimum Gasteiger partial charge on any atom is -0.497 e. The average Bonchev–Trinajstić information content (AvgIpc) is 2.75. The fraction of sp³-hybridized carbons (Fsp3) is 0.217. The number of halogens is 1. The molecule has 0 aliphatic heterocycles. The summed E-state index contributed by atoms with van der Waals surface area (Å²) in [6, 6.07) is 16.0. The Bertz CT molecular complexity index is 1010. The van der Waals surface area contributed by atoms with Crippen LogP contribution in [0, 0.1) is 6.92 Å². The fourth-order valence-corrected chi connectivity index (χ4v) is 2.93. The van der Waals surface area contributed by atoms with E-state index in [2.05, 4.69) is 4.98 Å². The van der Waals surface area contributed by atoms with E-state index in [-0.39, 0.29) is 18.3 Å². The molecule has 0 fully saturated rings. The maximum atomic E-state index is 12.8. The maximum Gasteiger partial charge on any atom is 0.243 e. The first kappa shape index (κ1) is 21.1. The molecular weight excluding hydrogens is 387 g/mol. The molecular formula is C23H23FN2O4. The van der Waals surface area contributed by atoms with Gasteiger partial charge in [-0.25, -0.2) is 9.37 Å². The van der Waals surface area contributed by atoms with Gasteiger partial charge in [-0.2, -0.15) is 0 Å². The van der Waals surface area contributed by atoms with E-state index < -0.39 is 6.86 Å². The lowest BCUT2D eigenvalue weighted by molar-refractivity contribution is -0.116. The molecule has 1 aromatic heterocycles. The predicted molar refractivity (Wildman–Crippen MR) is 112 cm³/mol. The highest BCUT2D eigenvalue weighted by atomic mass is 19.1. The summed E-state index contributed by atoms with van der Waals surface area (Å²) in [5, 5.41) is 0. The number of hydrogen-bond acceptors (Lipinski definition) is 5. The van der Waals surface area contributed by atoms with Gasteiger partial charge in [-0.3, -0.25) is 4.79 Å². The van der Waals surface area contributed by atoms with E-state index in [1.165, 1.54) is 18.9 Å². The van der Waals surface area contributed by atoms with Gasteiger partial charge in [0.25, 0.3) is 0 Å². The van der Waals surface area contributed by atoms with Gasteiger partial charge in [0.1, 0.15) is 22.9 Å². The first-order valence-electron chi connectivity index (χ1n) is 9.35. The maximum absolute atomic E-state index is 12.8. The van der Waals surface area contributed by atoms with Crippen LogP contribution in [0.2, 0.25) is 0 Å². The molecule has 0 saturated carbocycles. The minimum atomic E-state index is -0.978. The summed E-state index contributed by atoms with van der Waals surface area (Å²) in [6.45, 7) is 2.57. The van der Waals surface area contributed by atoms with Crippen LogP contribution in [-0.4, -0.2) is 24.9 Å². The quantitative estimate of drug-likeness (QED) is 0.520. The molecule has 3 aromatic rings. The number of ether oxygens (including phenoxy) is 3. The molecule has 156 valence electrons. The van der Waals surface area contributed by atoms with E-state index in [1.807, 2.05) is 31.2 Å². The molecule has 0 unspecified atom stereocenters. The fourth-order valence-electron chi connectivity index (χ4n) is 2.93. The number of rotatable bonds is 8. The van der Waals surface area contributed by atoms with Crippen molar-refractivity contribution in [3.8, 4) is 23.1 Å². The second kappa shape index (κ2) is 9.73. The number of hydrogen-bond donors (Lipinski definition) is 0. The molecule has 0 bridgehead atoms. The number of benzene rings is 2. The Hall–Kier alpha value is -3.61. The number of amides is 1. The summed E-state index contributed by atoms with van der Waals surface area (Å²) in [7, 11) is 1.53. The van der Waals surface area contributed by atoms with Crippen LogP contribution >= 0.6 is 0 Å². The van der Waals surface area contributed by atoms with Crippen molar-refractivity contribution in [3.63, 3.8) is 0 Å². The second-order valence-electron chi connectivity index (χ2n) is 6.58. The van der Waals surface area contributed by atoms with Crippen molar-refractivity contribution in [3.05, 3.63) is 71.9 Å². The third kappa shape index (κ3) is 5.05. The Balaban J connectivity index is 1.96. The molecule has 3 rings (SSSR count). The number of anilines is 1. The lowest BCUT2D eigenvalue weighted by Crippen LogP contribution is -2.28. The molecule has 1 heterocycles.